The number of nitrogens with one attached hydrogen (secondary N) is 1. The first kappa shape index (κ1) is 11.1. The van der Waals surface area contributed by atoms with Crippen LogP contribution in [0.5, 0.6) is 0 Å². The zero-order valence-electron chi connectivity index (χ0n) is 8.53. The maximum absolute atomic E-state index is 11.7. The third-order valence-electron chi connectivity index (χ3n) is 2.05. The van der Waals surface area contributed by atoms with Crippen LogP contribution in [0.4, 0.5) is 5.69 Å². The first-order valence-electron chi connectivity index (χ1n) is 4.64. The number of hydrogen-bond donors (Lipinski definition) is 1. The summed E-state index contributed by atoms with van der Waals surface area (Å²) in [5.41, 5.74) is 1.32. The maximum Gasteiger partial charge on any atom is 0.293 e. The molecule has 0 saturated carbocycles. The number of carbonyl (C=O) groups is 1. The Hall–Kier alpha value is -1.37. The minimum atomic E-state index is -0.281. The van der Waals surface area contributed by atoms with Crippen LogP contribution >= 0.6 is 22.6 Å². The number of aromatic nitrogens is 1. The van der Waals surface area contributed by atoms with Gasteiger partial charge < -0.3 is 9.73 Å². The average Bonchev–Trinajstić information content (AvgIpc) is 2.68. The molecule has 0 saturated heterocycles. The number of aryl methyl sites for hydroxylation is 1. The van der Waals surface area contributed by atoms with Crippen molar-refractivity contribution in [2.75, 3.05) is 5.32 Å². The van der Waals surface area contributed by atoms with Crippen LogP contribution in [0.2, 0.25) is 0 Å². The van der Waals surface area contributed by atoms with E-state index in [0.29, 0.717) is 5.69 Å². The number of benzene rings is 1. The van der Waals surface area contributed by atoms with Gasteiger partial charge in [0.2, 0.25) is 5.76 Å². The van der Waals surface area contributed by atoms with E-state index in [2.05, 4.69) is 32.9 Å². The summed E-state index contributed by atoms with van der Waals surface area (Å²) < 4.78 is 6.11. The predicted octanol–water partition coefficient (Wildman–Crippen LogP) is 2.84. The number of anilines is 1. The van der Waals surface area contributed by atoms with E-state index in [1.807, 2.05) is 24.3 Å². The number of hydrogen-bond acceptors (Lipinski definition) is 3. The molecule has 16 heavy (non-hydrogen) atoms. The lowest BCUT2D eigenvalue weighted by molar-refractivity contribution is 0.0996. The summed E-state index contributed by atoms with van der Waals surface area (Å²) in [7, 11) is 0. The normalized spacial score (nSPS) is 10.1. The van der Waals surface area contributed by atoms with Crippen LogP contribution < -0.4 is 5.32 Å². The molecule has 0 aliphatic heterocycles. The summed E-state index contributed by atoms with van der Waals surface area (Å²) in [5.74, 6) is -0.0326. The van der Waals surface area contributed by atoms with E-state index in [-0.39, 0.29) is 11.7 Å². The quantitative estimate of drug-likeness (QED) is 0.863. The van der Waals surface area contributed by atoms with Crippen LogP contribution in [0.25, 0.3) is 0 Å². The lowest BCUT2D eigenvalue weighted by Crippen LogP contribution is -2.12. The predicted molar refractivity (Wildman–Crippen MR) is 68.4 cm³/mol. The number of nitrogens with zero attached hydrogens (tertiary/aromatic N) is 1. The Balaban J connectivity index is 2.14. The van der Waals surface area contributed by atoms with Crippen molar-refractivity contribution in [3.63, 3.8) is 0 Å². The zero-order valence-corrected chi connectivity index (χ0v) is 10.7. The summed E-state index contributed by atoms with van der Waals surface area (Å²) in [6.45, 7) is 1.73. The minimum absolute atomic E-state index is 0.249. The van der Waals surface area contributed by atoms with Crippen molar-refractivity contribution in [1.82, 2.24) is 4.98 Å². The van der Waals surface area contributed by atoms with Crippen molar-refractivity contribution < 1.29 is 9.21 Å². The van der Waals surface area contributed by atoms with Gasteiger partial charge in [-0.2, -0.15) is 0 Å². The van der Waals surface area contributed by atoms with Crippen molar-refractivity contribution in [3.05, 3.63) is 45.7 Å². The highest BCUT2D eigenvalue weighted by Crippen LogP contribution is 2.13. The summed E-state index contributed by atoms with van der Waals surface area (Å²) in [4.78, 5) is 15.6. The molecule has 1 heterocycles. The molecule has 0 radical (unpaired) electrons. The summed E-state index contributed by atoms with van der Waals surface area (Å²) in [6, 6.07) is 7.52. The third-order valence-corrected chi connectivity index (χ3v) is 2.77. The molecule has 0 aliphatic carbocycles. The van der Waals surface area contributed by atoms with Crippen LogP contribution in [-0.2, 0) is 0 Å². The fourth-order valence-electron chi connectivity index (χ4n) is 1.24. The summed E-state index contributed by atoms with van der Waals surface area (Å²) in [5, 5.41) is 2.74. The second-order valence-corrected chi connectivity index (χ2v) is 4.47. The van der Waals surface area contributed by atoms with E-state index in [1.54, 1.807) is 6.92 Å². The molecule has 2 rings (SSSR count). The standard InChI is InChI=1S/C11H9IN2O2/c1-7-10(16-6-13-7)11(15)14-9-4-2-8(12)3-5-9/h2-6H,1H3,(H,14,15). The Morgan fingerprint density at radius 3 is 2.62 bits per heavy atom. The van der Waals surface area contributed by atoms with E-state index in [9.17, 15) is 4.79 Å². The molecule has 0 bridgehead atoms. The van der Waals surface area contributed by atoms with Crippen LogP contribution in [0.1, 0.15) is 16.2 Å². The highest BCUT2D eigenvalue weighted by Gasteiger charge is 2.13. The molecule has 0 spiro atoms. The number of rotatable bonds is 2. The Bertz CT molecular complexity index is 505. The van der Waals surface area contributed by atoms with Gasteiger partial charge in [0.05, 0.1) is 5.69 Å². The Kier molecular flexibility index (Phi) is 3.23. The number of oxazole rings is 1. The average molecular weight is 328 g/mol. The van der Waals surface area contributed by atoms with Gasteiger partial charge in [-0.3, -0.25) is 4.79 Å². The molecule has 0 unspecified atom stereocenters. The van der Waals surface area contributed by atoms with Crippen molar-refractivity contribution in [3.8, 4) is 0 Å². The van der Waals surface area contributed by atoms with Crippen LogP contribution in [0.3, 0.4) is 0 Å². The monoisotopic (exact) mass is 328 g/mol. The van der Waals surface area contributed by atoms with Crippen molar-refractivity contribution in [2.24, 2.45) is 0 Å². The minimum Gasteiger partial charge on any atom is -0.438 e. The molecule has 1 aromatic carbocycles. The first-order valence-corrected chi connectivity index (χ1v) is 5.71. The smallest absolute Gasteiger partial charge is 0.293 e. The Morgan fingerprint density at radius 2 is 2.06 bits per heavy atom. The van der Waals surface area contributed by atoms with Gasteiger partial charge in [0.1, 0.15) is 0 Å². The van der Waals surface area contributed by atoms with Gasteiger partial charge in [0.15, 0.2) is 6.39 Å². The van der Waals surface area contributed by atoms with Crippen molar-refractivity contribution in [2.45, 2.75) is 6.92 Å². The molecule has 2 aromatic rings. The third kappa shape index (κ3) is 2.41. The highest BCUT2D eigenvalue weighted by atomic mass is 127. The highest BCUT2D eigenvalue weighted by molar-refractivity contribution is 14.1. The largest absolute Gasteiger partial charge is 0.438 e. The second kappa shape index (κ2) is 4.65. The van der Waals surface area contributed by atoms with Gasteiger partial charge in [-0.15, -0.1) is 0 Å². The molecule has 1 N–H and O–H groups in total. The van der Waals surface area contributed by atoms with E-state index in [0.717, 1.165) is 9.26 Å². The van der Waals surface area contributed by atoms with Gasteiger partial charge >= 0.3 is 0 Å². The lowest BCUT2D eigenvalue weighted by atomic mass is 10.3. The fourth-order valence-corrected chi connectivity index (χ4v) is 1.60. The molecule has 0 fully saturated rings. The molecule has 82 valence electrons. The van der Waals surface area contributed by atoms with E-state index >= 15 is 0 Å². The summed E-state index contributed by atoms with van der Waals surface area (Å²) in [6.07, 6.45) is 1.26. The van der Waals surface area contributed by atoms with Crippen LogP contribution in [0.15, 0.2) is 35.1 Å². The van der Waals surface area contributed by atoms with Gasteiger partial charge in [0, 0.05) is 9.26 Å². The van der Waals surface area contributed by atoms with Gasteiger partial charge in [-0.25, -0.2) is 4.98 Å². The number of halogens is 1. The Morgan fingerprint density at radius 1 is 1.38 bits per heavy atom. The fraction of sp³-hybridized carbons (Fsp3) is 0.0909. The Labute approximate surface area is 106 Å². The van der Waals surface area contributed by atoms with E-state index < -0.39 is 0 Å². The summed E-state index contributed by atoms with van der Waals surface area (Å²) >= 11 is 2.20. The molecule has 1 amide bonds. The van der Waals surface area contributed by atoms with Gasteiger partial charge in [-0.05, 0) is 53.8 Å². The second-order valence-electron chi connectivity index (χ2n) is 3.23. The zero-order chi connectivity index (χ0) is 11.5. The number of carbonyl (C=O) groups excluding carboxylic acids is 1. The molecular weight excluding hydrogens is 319 g/mol. The topological polar surface area (TPSA) is 55.1 Å². The van der Waals surface area contributed by atoms with Crippen molar-refractivity contribution in [1.29, 1.82) is 0 Å². The SMILES string of the molecule is Cc1ncoc1C(=O)Nc1ccc(I)cc1. The molecule has 1 aromatic heterocycles. The molecule has 0 aliphatic rings. The van der Waals surface area contributed by atoms with E-state index in [1.165, 1.54) is 6.39 Å². The molecule has 5 heteroatoms. The molecule has 4 nitrogen and oxygen atoms in total. The lowest BCUT2D eigenvalue weighted by Gasteiger charge is -2.03. The van der Waals surface area contributed by atoms with Gasteiger partial charge in [-0.1, -0.05) is 0 Å². The molecular formula is C11H9IN2O2. The van der Waals surface area contributed by atoms with Crippen LogP contribution in [-0.4, -0.2) is 10.9 Å². The van der Waals surface area contributed by atoms with Crippen LogP contribution in [0, 0.1) is 10.5 Å². The first-order chi connectivity index (χ1) is 7.66. The number of amides is 1. The molecule has 0 atom stereocenters. The van der Waals surface area contributed by atoms with Crippen molar-refractivity contribution >= 4 is 34.2 Å². The van der Waals surface area contributed by atoms with Gasteiger partial charge in [0.25, 0.3) is 5.91 Å². The maximum atomic E-state index is 11.7. The van der Waals surface area contributed by atoms with E-state index in [4.69, 9.17) is 4.42 Å².